The summed E-state index contributed by atoms with van der Waals surface area (Å²) in [6.07, 6.45) is 2.94. The fourth-order valence-corrected chi connectivity index (χ4v) is 2.83. The molecule has 3 aromatic rings. The molecule has 0 aromatic heterocycles. The number of carbonyl (C=O) groups excluding carboxylic acids is 1. The number of aliphatic carboxylic acids is 1. The third-order valence-corrected chi connectivity index (χ3v) is 4.39. The molecule has 0 unspecified atom stereocenters. The minimum atomic E-state index is -0.717. The molecule has 0 aliphatic carbocycles. The first-order chi connectivity index (χ1) is 14.6. The van der Waals surface area contributed by atoms with Crippen LogP contribution in [-0.2, 0) is 33.6 Å². The van der Waals surface area contributed by atoms with Crippen LogP contribution < -0.4 is 0 Å². The number of benzene rings is 3. The zero-order chi connectivity index (χ0) is 21.4. The number of carboxylic acids is 1. The van der Waals surface area contributed by atoms with E-state index in [0.717, 1.165) is 24.8 Å². The van der Waals surface area contributed by atoms with Gasteiger partial charge in [0, 0.05) is 12.8 Å². The van der Waals surface area contributed by atoms with E-state index in [-0.39, 0.29) is 12.4 Å². The maximum Gasteiger partial charge on any atom is 0.310 e. The third kappa shape index (κ3) is 10.2. The summed E-state index contributed by atoms with van der Waals surface area (Å²) in [5, 5.41) is 8.39. The van der Waals surface area contributed by atoms with Crippen LogP contribution in [-0.4, -0.2) is 23.7 Å². The molecule has 0 amide bonds. The van der Waals surface area contributed by atoms with E-state index in [1.165, 1.54) is 11.1 Å². The molecule has 0 spiro atoms. The topological polar surface area (TPSA) is 63.6 Å². The standard InChI is InChI=1S/C16H16O2.C10H12O2/c17-16(13-15-9-5-2-6-10-15)18-12-11-14-7-3-1-4-8-14;11-10(12)8-4-7-9-5-2-1-3-6-9/h1-10H,11-13H2;1-3,5-6H,4,7-8H2,(H,11,12). The average molecular weight is 405 g/mol. The van der Waals surface area contributed by atoms with Crippen molar-refractivity contribution in [2.75, 3.05) is 6.61 Å². The van der Waals surface area contributed by atoms with Crippen LogP contribution in [0.15, 0.2) is 91.0 Å². The smallest absolute Gasteiger partial charge is 0.310 e. The van der Waals surface area contributed by atoms with Crippen LogP contribution in [0.25, 0.3) is 0 Å². The van der Waals surface area contributed by atoms with Gasteiger partial charge in [-0.15, -0.1) is 0 Å². The van der Waals surface area contributed by atoms with Gasteiger partial charge in [0.15, 0.2) is 0 Å². The first-order valence-corrected chi connectivity index (χ1v) is 10.1. The minimum Gasteiger partial charge on any atom is -0.481 e. The molecular weight excluding hydrogens is 376 g/mol. The summed E-state index contributed by atoms with van der Waals surface area (Å²) in [7, 11) is 0. The summed E-state index contributed by atoms with van der Waals surface area (Å²) >= 11 is 0. The van der Waals surface area contributed by atoms with Crippen molar-refractivity contribution < 1.29 is 19.4 Å². The second-order valence-corrected chi connectivity index (χ2v) is 6.85. The van der Waals surface area contributed by atoms with Crippen LogP contribution in [0, 0.1) is 0 Å². The first kappa shape index (κ1) is 22.9. The Labute approximate surface area is 178 Å². The maximum atomic E-state index is 11.6. The molecule has 0 aliphatic heterocycles. The summed E-state index contributed by atoms with van der Waals surface area (Å²) in [6.45, 7) is 0.440. The second kappa shape index (κ2) is 13.7. The molecule has 1 N–H and O–H groups in total. The van der Waals surface area contributed by atoms with E-state index in [4.69, 9.17) is 9.84 Å². The number of aryl methyl sites for hydroxylation is 1. The van der Waals surface area contributed by atoms with Gasteiger partial charge in [0.2, 0.25) is 0 Å². The Kier molecular flexibility index (Phi) is 10.5. The predicted octanol–water partition coefficient (Wildman–Crippen LogP) is 5.11. The van der Waals surface area contributed by atoms with E-state index in [1.807, 2.05) is 91.0 Å². The molecule has 0 fully saturated rings. The normalized spacial score (nSPS) is 9.87. The monoisotopic (exact) mass is 404 g/mol. The van der Waals surface area contributed by atoms with Crippen molar-refractivity contribution in [2.24, 2.45) is 0 Å². The van der Waals surface area contributed by atoms with Crippen LogP contribution in [0.1, 0.15) is 29.5 Å². The molecule has 0 saturated heterocycles. The summed E-state index contributed by atoms with van der Waals surface area (Å²) in [5.41, 5.74) is 3.38. The first-order valence-electron chi connectivity index (χ1n) is 10.1. The molecule has 3 rings (SSSR count). The Bertz CT molecular complexity index is 861. The number of carboxylic acid groups (broad SMARTS) is 1. The highest BCUT2D eigenvalue weighted by molar-refractivity contribution is 5.72. The Hall–Kier alpha value is -3.40. The third-order valence-electron chi connectivity index (χ3n) is 4.39. The molecule has 0 bridgehead atoms. The fraction of sp³-hybridized carbons (Fsp3) is 0.231. The van der Waals surface area contributed by atoms with Crippen molar-refractivity contribution in [3.8, 4) is 0 Å². The molecule has 4 nitrogen and oxygen atoms in total. The molecule has 0 heterocycles. The van der Waals surface area contributed by atoms with Crippen LogP contribution >= 0.6 is 0 Å². The zero-order valence-electron chi connectivity index (χ0n) is 17.1. The van der Waals surface area contributed by atoms with E-state index in [1.54, 1.807) is 0 Å². The van der Waals surface area contributed by atoms with Gasteiger partial charge in [0.05, 0.1) is 13.0 Å². The van der Waals surface area contributed by atoms with Crippen molar-refractivity contribution in [3.05, 3.63) is 108 Å². The van der Waals surface area contributed by atoms with Crippen LogP contribution in [0.3, 0.4) is 0 Å². The van der Waals surface area contributed by atoms with Crippen LogP contribution in [0.4, 0.5) is 0 Å². The molecule has 156 valence electrons. The fourth-order valence-electron chi connectivity index (χ4n) is 2.83. The highest BCUT2D eigenvalue weighted by Crippen LogP contribution is 2.04. The quantitative estimate of drug-likeness (QED) is 0.504. The number of esters is 1. The van der Waals surface area contributed by atoms with E-state index in [9.17, 15) is 9.59 Å². The summed E-state index contributed by atoms with van der Waals surface area (Å²) in [4.78, 5) is 21.8. The number of carbonyl (C=O) groups is 2. The van der Waals surface area contributed by atoms with Gasteiger partial charge in [-0.3, -0.25) is 9.59 Å². The summed E-state index contributed by atoms with van der Waals surface area (Å²) in [6, 6.07) is 29.6. The highest BCUT2D eigenvalue weighted by Gasteiger charge is 2.04. The largest absolute Gasteiger partial charge is 0.481 e. The number of rotatable bonds is 9. The van der Waals surface area contributed by atoms with Gasteiger partial charge in [0.1, 0.15) is 0 Å². The van der Waals surface area contributed by atoms with Gasteiger partial charge in [-0.1, -0.05) is 91.0 Å². The van der Waals surface area contributed by atoms with Gasteiger partial charge in [-0.2, -0.15) is 0 Å². The van der Waals surface area contributed by atoms with Gasteiger partial charge in [0.25, 0.3) is 0 Å². The Morgan fingerprint density at radius 3 is 1.63 bits per heavy atom. The van der Waals surface area contributed by atoms with E-state index >= 15 is 0 Å². The zero-order valence-corrected chi connectivity index (χ0v) is 17.1. The predicted molar refractivity (Wildman–Crippen MR) is 118 cm³/mol. The summed E-state index contributed by atoms with van der Waals surface area (Å²) in [5.74, 6) is -0.886. The van der Waals surface area contributed by atoms with Crippen molar-refractivity contribution in [2.45, 2.75) is 32.1 Å². The lowest BCUT2D eigenvalue weighted by atomic mass is 10.1. The van der Waals surface area contributed by atoms with Crippen LogP contribution in [0.2, 0.25) is 0 Å². The molecular formula is C26H28O4. The lowest BCUT2D eigenvalue weighted by molar-refractivity contribution is -0.142. The molecule has 0 radical (unpaired) electrons. The van der Waals surface area contributed by atoms with Crippen LogP contribution in [0.5, 0.6) is 0 Å². The van der Waals surface area contributed by atoms with E-state index < -0.39 is 5.97 Å². The Balaban J connectivity index is 0.000000232. The van der Waals surface area contributed by atoms with Gasteiger partial charge in [-0.25, -0.2) is 0 Å². The van der Waals surface area contributed by atoms with E-state index in [2.05, 4.69) is 0 Å². The average Bonchev–Trinajstić information content (AvgIpc) is 2.76. The number of ether oxygens (including phenoxy) is 1. The van der Waals surface area contributed by atoms with Gasteiger partial charge >= 0.3 is 11.9 Å². The van der Waals surface area contributed by atoms with Crippen molar-refractivity contribution in [3.63, 3.8) is 0 Å². The second-order valence-electron chi connectivity index (χ2n) is 6.85. The number of hydrogen-bond donors (Lipinski definition) is 1. The highest BCUT2D eigenvalue weighted by atomic mass is 16.5. The molecule has 0 aliphatic rings. The number of hydrogen-bond acceptors (Lipinski definition) is 3. The van der Waals surface area contributed by atoms with Crippen molar-refractivity contribution in [1.82, 2.24) is 0 Å². The van der Waals surface area contributed by atoms with E-state index in [0.29, 0.717) is 13.0 Å². The Morgan fingerprint density at radius 2 is 1.13 bits per heavy atom. The lowest BCUT2D eigenvalue weighted by Gasteiger charge is -2.05. The molecule has 4 heteroatoms. The molecule has 3 aromatic carbocycles. The van der Waals surface area contributed by atoms with Gasteiger partial charge in [-0.05, 0) is 29.5 Å². The molecule has 0 saturated carbocycles. The molecule has 0 atom stereocenters. The Morgan fingerprint density at radius 1 is 0.667 bits per heavy atom. The van der Waals surface area contributed by atoms with Crippen molar-refractivity contribution in [1.29, 1.82) is 0 Å². The maximum absolute atomic E-state index is 11.6. The van der Waals surface area contributed by atoms with Gasteiger partial charge < -0.3 is 9.84 Å². The minimum absolute atomic E-state index is 0.169. The van der Waals surface area contributed by atoms with Crippen molar-refractivity contribution >= 4 is 11.9 Å². The SMILES string of the molecule is O=C(Cc1ccccc1)OCCc1ccccc1.O=C(O)CCCc1ccccc1. The summed E-state index contributed by atoms with van der Waals surface area (Å²) < 4.78 is 5.21. The molecule has 30 heavy (non-hydrogen) atoms. The lowest BCUT2D eigenvalue weighted by Crippen LogP contribution is -2.10.